The third-order valence-electron chi connectivity index (χ3n) is 15.2. The van der Waals surface area contributed by atoms with Crippen LogP contribution in [-0.2, 0) is 33.4 Å². The summed E-state index contributed by atoms with van der Waals surface area (Å²) in [6, 6.07) is 0. The quantitative estimate of drug-likeness (QED) is 0.174. The summed E-state index contributed by atoms with van der Waals surface area (Å²) < 4.78 is 12.1. The fraction of sp³-hybridized carbons (Fsp3) is 0.825. The second-order valence-corrected chi connectivity index (χ2v) is 19.0. The fourth-order valence-electron chi connectivity index (χ4n) is 12.3. The summed E-state index contributed by atoms with van der Waals surface area (Å²) in [5.74, 6) is -3.55. The van der Waals surface area contributed by atoms with Crippen molar-refractivity contribution >= 4 is 29.8 Å². The van der Waals surface area contributed by atoms with Crippen molar-refractivity contribution in [2.45, 2.75) is 112 Å². The Morgan fingerprint density at radius 1 is 0.750 bits per heavy atom. The smallest absolute Gasteiger partial charge is 0.320 e. The van der Waals surface area contributed by atoms with Gasteiger partial charge in [-0.3, -0.25) is 33.8 Å². The van der Waals surface area contributed by atoms with E-state index in [1.165, 1.54) is 15.4 Å². The Hall–Kier alpha value is -2.99. The third kappa shape index (κ3) is 6.91. The number of likely N-dealkylation sites (N-methyl/N-ethyl adjacent to an activating group) is 2. The van der Waals surface area contributed by atoms with Crippen molar-refractivity contribution < 1.29 is 48.8 Å². The zero-order valence-corrected chi connectivity index (χ0v) is 32.6. The van der Waals surface area contributed by atoms with Crippen molar-refractivity contribution in [2.24, 2.45) is 50.2 Å². The predicted molar refractivity (Wildman–Crippen MR) is 192 cm³/mol. The van der Waals surface area contributed by atoms with E-state index in [4.69, 9.17) is 9.47 Å². The highest BCUT2D eigenvalue weighted by Crippen LogP contribution is 2.76. The highest BCUT2D eigenvalue weighted by molar-refractivity contribution is 5.77. The topological polar surface area (TPSA) is 171 Å². The van der Waals surface area contributed by atoms with Gasteiger partial charge in [-0.1, -0.05) is 53.2 Å². The summed E-state index contributed by atoms with van der Waals surface area (Å²) in [5, 5.41) is 29.1. The zero-order chi connectivity index (χ0) is 38.7. The van der Waals surface area contributed by atoms with E-state index in [1.54, 1.807) is 14.1 Å². The van der Waals surface area contributed by atoms with Gasteiger partial charge in [0.2, 0.25) is 0 Å². The highest BCUT2D eigenvalue weighted by Gasteiger charge is 2.70. The molecule has 5 aliphatic carbocycles. The first-order valence-electron chi connectivity index (χ1n) is 19.1. The van der Waals surface area contributed by atoms with Gasteiger partial charge in [0.1, 0.15) is 12.7 Å². The molecule has 4 fully saturated rings. The molecule has 4 saturated carbocycles. The number of rotatable bonds is 12. The molecule has 0 aliphatic heterocycles. The number of carboxylic acids is 3. The molecule has 12 heteroatoms. The zero-order valence-electron chi connectivity index (χ0n) is 32.6. The van der Waals surface area contributed by atoms with Crippen LogP contribution in [0.1, 0.15) is 106 Å². The fourth-order valence-corrected chi connectivity index (χ4v) is 12.3. The first-order valence-corrected chi connectivity index (χ1v) is 19.1. The number of ether oxygens (including phenoxy) is 2. The van der Waals surface area contributed by atoms with E-state index in [1.807, 2.05) is 6.92 Å². The number of nitrogens with zero attached hydrogens (tertiary/aromatic N) is 2. The molecule has 0 aromatic carbocycles. The molecule has 3 N–H and O–H groups in total. The van der Waals surface area contributed by atoms with Crippen LogP contribution >= 0.6 is 0 Å². The van der Waals surface area contributed by atoms with Crippen LogP contribution in [0.3, 0.4) is 0 Å². The largest absolute Gasteiger partial charge is 0.481 e. The molecule has 0 saturated heterocycles. The second-order valence-electron chi connectivity index (χ2n) is 19.0. The molecule has 0 radical (unpaired) electrons. The average Bonchev–Trinajstić information content (AvgIpc) is 3.00. The lowest BCUT2D eigenvalue weighted by Crippen LogP contribution is -2.66. The summed E-state index contributed by atoms with van der Waals surface area (Å²) in [7, 11) is 3.09. The lowest BCUT2D eigenvalue weighted by Gasteiger charge is -2.71. The van der Waals surface area contributed by atoms with E-state index in [9.17, 15) is 39.3 Å². The first kappa shape index (κ1) is 40.2. The Morgan fingerprint density at radius 2 is 1.35 bits per heavy atom. The molecule has 0 spiro atoms. The molecule has 1 unspecified atom stereocenters. The van der Waals surface area contributed by atoms with Gasteiger partial charge in [0.25, 0.3) is 0 Å². The van der Waals surface area contributed by atoms with E-state index in [-0.39, 0.29) is 72.2 Å². The minimum atomic E-state index is -1.05. The van der Waals surface area contributed by atoms with Crippen LogP contribution in [0.4, 0.5) is 0 Å². The van der Waals surface area contributed by atoms with Gasteiger partial charge >= 0.3 is 29.8 Å². The summed E-state index contributed by atoms with van der Waals surface area (Å²) in [4.78, 5) is 64.6. The number of esters is 2. The van der Waals surface area contributed by atoms with Crippen molar-refractivity contribution in [3.05, 3.63) is 11.6 Å². The van der Waals surface area contributed by atoms with Crippen molar-refractivity contribution in [1.82, 2.24) is 9.80 Å². The Labute approximate surface area is 308 Å². The van der Waals surface area contributed by atoms with Gasteiger partial charge in [-0.2, -0.15) is 0 Å². The first-order chi connectivity index (χ1) is 24.0. The van der Waals surface area contributed by atoms with Crippen molar-refractivity contribution in [3.63, 3.8) is 0 Å². The van der Waals surface area contributed by atoms with E-state index >= 15 is 0 Å². The summed E-state index contributed by atoms with van der Waals surface area (Å²) in [6.07, 6.45) is 9.74. The lowest BCUT2D eigenvalue weighted by atomic mass is 9.33. The Balaban J connectivity index is 1.47. The minimum absolute atomic E-state index is 0.00398. The van der Waals surface area contributed by atoms with Crippen LogP contribution in [0, 0.1) is 50.2 Å². The maximum Gasteiger partial charge on any atom is 0.320 e. The lowest BCUT2D eigenvalue weighted by molar-refractivity contribution is -0.227. The number of hydrogen-bond acceptors (Lipinski definition) is 9. The molecule has 0 aromatic heterocycles. The molecule has 52 heavy (non-hydrogen) atoms. The predicted octanol–water partition coefficient (Wildman–Crippen LogP) is 5.34. The van der Waals surface area contributed by atoms with Crippen LogP contribution in [0.25, 0.3) is 0 Å². The number of fused-ring (bicyclic) bond motifs is 7. The Bertz CT molecular complexity index is 1490. The van der Waals surface area contributed by atoms with Gasteiger partial charge in [0, 0.05) is 5.41 Å². The number of carbonyl (C=O) groups is 5. The summed E-state index contributed by atoms with van der Waals surface area (Å²) in [6.45, 7) is 12.8. The normalized spacial score (nSPS) is 39.2. The average molecular weight is 731 g/mol. The number of hydrogen-bond donors (Lipinski definition) is 3. The molecule has 5 rings (SSSR count). The van der Waals surface area contributed by atoms with E-state index < -0.39 is 46.8 Å². The van der Waals surface area contributed by atoms with Gasteiger partial charge in [-0.25, -0.2) is 0 Å². The van der Waals surface area contributed by atoms with Crippen LogP contribution in [0.5, 0.6) is 0 Å². The Morgan fingerprint density at radius 3 is 1.94 bits per heavy atom. The van der Waals surface area contributed by atoms with E-state index in [0.29, 0.717) is 19.3 Å². The number of carbonyl (C=O) groups excluding carboxylic acids is 2. The van der Waals surface area contributed by atoms with Crippen molar-refractivity contribution in [1.29, 1.82) is 0 Å². The van der Waals surface area contributed by atoms with Crippen molar-refractivity contribution in [2.75, 3.05) is 46.9 Å². The molecule has 9 atom stereocenters. The maximum atomic E-state index is 13.3. The second kappa shape index (κ2) is 14.0. The van der Waals surface area contributed by atoms with Crippen LogP contribution in [-0.4, -0.2) is 108 Å². The van der Waals surface area contributed by atoms with E-state index in [2.05, 4.69) is 40.7 Å². The van der Waals surface area contributed by atoms with Gasteiger partial charge in [-0.15, -0.1) is 0 Å². The molecule has 0 bridgehead atoms. The van der Waals surface area contributed by atoms with Gasteiger partial charge in [0.15, 0.2) is 0 Å². The summed E-state index contributed by atoms with van der Waals surface area (Å²) in [5.41, 5.74) is -0.540. The molecule has 0 amide bonds. The maximum absolute atomic E-state index is 13.3. The monoisotopic (exact) mass is 730 g/mol. The molecule has 12 nitrogen and oxygen atoms in total. The standard InChI is InChI=1S/C40H62N2O10/c1-35(2)15-17-40(34(49)50)18-16-38(5)25(26(40)19-35)9-10-28-36(3)13-12-29(52-33(48)23-42(8)21-31(45)46)37(4,27(36)11-14-39(28,38)6)24-51-32(47)22-41(7)20-30(43)44/h9,26-29H,10-24H2,1-8H3,(H,43,44)(H,45,46)(H,49,50)/t26-,27+,28+,29-,36-,37?,38+,39+,40-/m0/s1. The van der Waals surface area contributed by atoms with Crippen LogP contribution in [0.2, 0.25) is 0 Å². The number of allylic oxidation sites excluding steroid dienone is 2. The molecular weight excluding hydrogens is 668 g/mol. The molecular formula is C40H62N2O10. The Kier molecular flexibility index (Phi) is 10.8. The van der Waals surface area contributed by atoms with Gasteiger partial charge < -0.3 is 24.8 Å². The van der Waals surface area contributed by atoms with Gasteiger partial charge in [-0.05, 0) is 118 Å². The van der Waals surface area contributed by atoms with Crippen LogP contribution < -0.4 is 0 Å². The molecule has 0 heterocycles. The van der Waals surface area contributed by atoms with Crippen molar-refractivity contribution in [3.8, 4) is 0 Å². The summed E-state index contributed by atoms with van der Waals surface area (Å²) >= 11 is 0. The third-order valence-corrected chi connectivity index (χ3v) is 15.2. The van der Waals surface area contributed by atoms with E-state index in [0.717, 1.165) is 44.9 Å². The van der Waals surface area contributed by atoms with Gasteiger partial charge in [0.05, 0.1) is 31.6 Å². The SMILES string of the molecule is CN(CC(=O)O)CC(=O)OCC1(C)[C@@H](OC(=O)CN(C)CC(=O)O)CC[C@]2(C)[C@H]3CC=C4[C@@H]5CC(C)(C)CC[C@]5(C(=O)O)CC[C@@]4(C)[C@]3(C)CC[C@@H]12. The number of carboxylic acid groups (broad SMARTS) is 3. The molecule has 5 aliphatic rings. The van der Waals surface area contributed by atoms with Crippen LogP contribution in [0.15, 0.2) is 11.6 Å². The number of aliphatic carboxylic acids is 3. The highest BCUT2D eigenvalue weighted by atomic mass is 16.6. The molecule has 0 aromatic rings. The molecule has 292 valence electrons. The minimum Gasteiger partial charge on any atom is -0.481 e.